The number of oxime groups is 1. The summed E-state index contributed by atoms with van der Waals surface area (Å²) < 4.78 is 20.2. The first-order chi connectivity index (χ1) is 27.7. The number of benzene rings is 2. The summed E-state index contributed by atoms with van der Waals surface area (Å²) in [7, 11) is 0. The lowest BCUT2D eigenvalue weighted by Gasteiger charge is -2.58. The maximum absolute atomic E-state index is 13.2. The average molecular weight is 798 g/mol. The number of hydrogen-bond acceptors (Lipinski definition) is 10. The molecule has 3 aromatic rings. The largest absolute Gasteiger partial charge is 0.460 e. The topological polar surface area (TPSA) is 132 Å². The van der Waals surface area contributed by atoms with Crippen molar-refractivity contribution in [1.29, 1.82) is 0 Å². The summed E-state index contributed by atoms with van der Waals surface area (Å²) in [5, 5.41) is 27.4. The van der Waals surface area contributed by atoms with E-state index in [9.17, 15) is 15.0 Å². The minimum Gasteiger partial charge on any atom is -0.460 e. The summed E-state index contributed by atoms with van der Waals surface area (Å²) >= 11 is 1.83. The molecular weight excluding hydrogens is 739 g/mol. The third kappa shape index (κ3) is 10.7. The number of nitrogens with zero attached hydrogens (tertiary/aromatic N) is 2. The fraction of sp³-hybridized carbons (Fsp3) is 0.500. The molecule has 10 nitrogen and oxygen atoms in total. The number of aryl methyl sites for hydroxylation is 1. The van der Waals surface area contributed by atoms with Gasteiger partial charge in [-0.05, 0) is 117 Å². The third-order valence-electron chi connectivity index (χ3n) is 11.0. The Morgan fingerprint density at radius 3 is 2.51 bits per heavy atom. The van der Waals surface area contributed by atoms with Crippen LogP contribution in [0.25, 0.3) is 0 Å². The van der Waals surface area contributed by atoms with Gasteiger partial charge in [0.15, 0.2) is 0 Å². The Kier molecular flexibility index (Phi) is 14.9. The molecule has 6 atom stereocenters. The Morgan fingerprint density at radius 1 is 1.04 bits per heavy atom. The van der Waals surface area contributed by atoms with Crippen molar-refractivity contribution in [2.45, 2.75) is 101 Å². The van der Waals surface area contributed by atoms with Crippen LogP contribution in [0.15, 0.2) is 103 Å². The molecule has 1 aliphatic heterocycles. The number of thioether (sulfide) groups is 1. The first-order valence-electron chi connectivity index (χ1n) is 20.4. The molecular formula is C46H59N3O7S. The zero-order valence-electron chi connectivity index (χ0n) is 33.6. The van der Waals surface area contributed by atoms with E-state index < -0.39 is 17.5 Å². The van der Waals surface area contributed by atoms with Crippen LogP contribution in [0.4, 0.5) is 4.79 Å². The highest BCUT2D eigenvalue weighted by molar-refractivity contribution is 8.00. The number of amides is 1. The van der Waals surface area contributed by atoms with Crippen molar-refractivity contribution in [3.63, 3.8) is 0 Å². The van der Waals surface area contributed by atoms with Gasteiger partial charge in [0.2, 0.25) is 5.79 Å². The molecule has 0 saturated heterocycles. The summed E-state index contributed by atoms with van der Waals surface area (Å²) in [6.07, 6.45) is 13.6. The van der Waals surface area contributed by atoms with Gasteiger partial charge in [-0.25, -0.2) is 4.79 Å². The molecule has 0 radical (unpaired) electrons. The number of aliphatic hydroxyl groups excluding tert-OH is 2. The predicted molar refractivity (Wildman–Crippen MR) is 226 cm³/mol. The number of ether oxygens (including phenoxy) is 3. The van der Waals surface area contributed by atoms with Crippen LogP contribution in [0.5, 0.6) is 11.5 Å². The van der Waals surface area contributed by atoms with E-state index in [1.54, 1.807) is 12.1 Å². The second-order valence-corrected chi connectivity index (χ2v) is 17.5. The van der Waals surface area contributed by atoms with Crippen LogP contribution in [-0.4, -0.2) is 69.2 Å². The van der Waals surface area contributed by atoms with Crippen molar-refractivity contribution < 1.29 is 34.1 Å². The average Bonchev–Trinajstić information content (AvgIpc) is 3.21. The van der Waals surface area contributed by atoms with Crippen LogP contribution >= 0.6 is 11.8 Å². The van der Waals surface area contributed by atoms with Crippen LogP contribution in [0.1, 0.15) is 88.3 Å². The van der Waals surface area contributed by atoms with Gasteiger partial charge >= 0.3 is 6.09 Å². The van der Waals surface area contributed by atoms with E-state index in [-0.39, 0.29) is 48.7 Å². The van der Waals surface area contributed by atoms with Crippen LogP contribution < -0.4 is 14.8 Å². The summed E-state index contributed by atoms with van der Waals surface area (Å²) in [4.78, 5) is 23.6. The van der Waals surface area contributed by atoms with Crippen LogP contribution in [0.2, 0.25) is 0 Å². The molecule has 1 aromatic heterocycles. The van der Waals surface area contributed by atoms with Crippen LogP contribution in [0.3, 0.4) is 0 Å². The molecule has 6 rings (SSSR count). The molecule has 11 heteroatoms. The van der Waals surface area contributed by atoms with Crippen LogP contribution in [-0.2, 0) is 22.5 Å². The molecule has 1 amide bonds. The van der Waals surface area contributed by atoms with Gasteiger partial charge < -0.3 is 34.6 Å². The quantitative estimate of drug-likeness (QED) is 0.0619. The molecule has 3 aliphatic rings. The van der Waals surface area contributed by atoms with Gasteiger partial charge in [-0.1, -0.05) is 60.5 Å². The molecule has 0 bridgehead atoms. The fourth-order valence-electron chi connectivity index (χ4n) is 8.51. The number of nitrogens with one attached hydrogen (secondary N) is 1. The summed E-state index contributed by atoms with van der Waals surface area (Å²) in [6, 6.07) is 19.5. The Hall–Kier alpha value is -4.16. The lowest BCUT2D eigenvalue weighted by Crippen LogP contribution is -2.64. The molecule has 0 spiro atoms. The molecule has 2 aromatic carbocycles. The summed E-state index contributed by atoms with van der Waals surface area (Å²) in [6.45, 7) is 10.9. The van der Waals surface area contributed by atoms with E-state index >= 15 is 0 Å². The van der Waals surface area contributed by atoms with Crippen LogP contribution in [0, 0.1) is 17.8 Å². The van der Waals surface area contributed by atoms with Gasteiger partial charge in [0, 0.05) is 50.1 Å². The maximum atomic E-state index is 13.2. The predicted octanol–water partition coefficient (Wildman–Crippen LogP) is 8.78. The SMILES string of the molecule is C=CCOC12Oc3ccc(OC(=O)NCc4ccccc4)cc3C3C(CCCCO)C(CCCCO)C=C(C(=NOC(C)(C)C)CC1SCCc1ccncc1)C32. The number of aliphatic hydroxyl groups is 2. The van der Waals surface area contributed by atoms with E-state index in [0.29, 0.717) is 37.3 Å². The zero-order chi connectivity index (χ0) is 40.3. The van der Waals surface area contributed by atoms with E-state index in [1.807, 2.05) is 87.4 Å². The monoisotopic (exact) mass is 797 g/mol. The minimum absolute atomic E-state index is 0.115. The van der Waals surface area contributed by atoms with E-state index in [4.69, 9.17) is 24.2 Å². The van der Waals surface area contributed by atoms with Crippen molar-refractivity contribution in [1.82, 2.24) is 10.3 Å². The molecule has 57 heavy (non-hydrogen) atoms. The van der Waals surface area contributed by atoms with E-state index in [1.165, 1.54) is 5.56 Å². The molecule has 306 valence electrons. The van der Waals surface area contributed by atoms with Gasteiger partial charge in [-0.15, -0.1) is 6.58 Å². The number of aromatic nitrogens is 1. The summed E-state index contributed by atoms with van der Waals surface area (Å²) in [5.41, 5.74) is 4.58. The van der Waals surface area contributed by atoms with Crippen molar-refractivity contribution in [3.05, 3.63) is 114 Å². The van der Waals surface area contributed by atoms with Gasteiger partial charge in [0.1, 0.15) is 17.1 Å². The van der Waals surface area contributed by atoms with Gasteiger partial charge in [0.05, 0.1) is 23.5 Å². The highest BCUT2D eigenvalue weighted by atomic mass is 32.2. The summed E-state index contributed by atoms with van der Waals surface area (Å²) in [5.74, 6) is 0.741. The lowest BCUT2D eigenvalue weighted by molar-refractivity contribution is -0.223. The Bertz CT molecular complexity index is 1830. The number of unbranched alkanes of at least 4 members (excludes halogenated alkanes) is 2. The molecule has 6 unspecified atom stereocenters. The van der Waals surface area contributed by atoms with E-state index in [2.05, 4.69) is 35.1 Å². The van der Waals surface area contributed by atoms with Gasteiger partial charge in [-0.2, -0.15) is 11.8 Å². The maximum Gasteiger partial charge on any atom is 0.412 e. The smallest absolute Gasteiger partial charge is 0.412 e. The molecule has 2 aliphatic carbocycles. The fourth-order valence-corrected chi connectivity index (χ4v) is 9.92. The highest BCUT2D eigenvalue weighted by Crippen LogP contribution is 2.62. The minimum atomic E-state index is -1.08. The number of allylic oxidation sites excluding steroid dienone is 1. The van der Waals surface area contributed by atoms with Crippen molar-refractivity contribution in [2.24, 2.45) is 22.9 Å². The zero-order valence-corrected chi connectivity index (χ0v) is 34.4. The number of pyridine rings is 1. The Balaban J connectivity index is 1.46. The number of rotatable bonds is 19. The lowest BCUT2D eigenvalue weighted by atomic mass is 9.56. The number of fused-ring (bicyclic) bond motifs is 2. The van der Waals surface area contributed by atoms with Crippen molar-refractivity contribution >= 4 is 23.6 Å². The van der Waals surface area contributed by atoms with Crippen molar-refractivity contribution in [2.75, 3.05) is 25.6 Å². The standard InChI is InChI=1S/C46H59N3O7S/c1-5-26-53-46-41(57-27-21-32-19-22-47-23-20-32)30-39(49-56-45(2,3)4)37-28-34(15-9-11-24-50)36(16-10-12-25-51)42(43(37)46)38-29-35(17-18-40(38)55-46)54-44(52)48-31-33-13-7-6-8-14-33/h5-8,13-14,17-20,22-23,28-29,34,36,41-43,50-51H,1,9-12,15-16,21,24-27,30-31H2,2-4H3,(H,48,52). The number of carbonyl (C=O) groups is 1. The van der Waals surface area contributed by atoms with E-state index in [0.717, 1.165) is 60.3 Å². The van der Waals surface area contributed by atoms with Crippen molar-refractivity contribution in [3.8, 4) is 11.5 Å². The molecule has 3 N–H and O–H groups in total. The van der Waals surface area contributed by atoms with Gasteiger partial charge in [-0.3, -0.25) is 4.98 Å². The third-order valence-corrected chi connectivity index (χ3v) is 12.3. The first-order valence-corrected chi connectivity index (χ1v) is 21.5. The molecule has 1 saturated carbocycles. The normalized spacial score (nSPS) is 24.4. The Labute approximate surface area is 342 Å². The second kappa shape index (κ2) is 20.0. The highest BCUT2D eigenvalue weighted by Gasteiger charge is 2.64. The molecule has 2 heterocycles. The van der Waals surface area contributed by atoms with Gasteiger partial charge in [0.25, 0.3) is 0 Å². The Morgan fingerprint density at radius 2 is 1.79 bits per heavy atom. The first kappa shape index (κ1) is 42.4. The second-order valence-electron chi connectivity index (χ2n) is 16.2. The molecule has 1 fully saturated rings. The number of carbonyl (C=O) groups excluding carboxylic acids is 1. The number of hydrogen-bond donors (Lipinski definition) is 3.